The normalized spacial score (nSPS) is 12.1. The predicted octanol–water partition coefficient (Wildman–Crippen LogP) is 3.90. The van der Waals surface area contributed by atoms with Gasteiger partial charge in [0.05, 0.1) is 36.1 Å². The van der Waals surface area contributed by atoms with Gasteiger partial charge in [-0.05, 0) is 49.4 Å². The third kappa shape index (κ3) is 4.58. The number of rotatable bonds is 8. The number of amides is 1. The summed E-state index contributed by atoms with van der Waals surface area (Å²) in [6, 6.07) is 14.0. The minimum absolute atomic E-state index is 0.0634. The van der Waals surface area contributed by atoms with E-state index >= 15 is 0 Å². The molecule has 1 aliphatic heterocycles. The topological polar surface area (TPSA) is 105 Å². The number of benzene rings is 2. The van der Waals surface area contributed by atoms with Gasteiger partial charge < -0.3 is 23.9 Å². The summed E-state index contributed by atoms with van der Waals surface area (Å²) < 4.78 is 23.2. The Bertz CT molecular complexity index is 1380. The van der Waals surface area contributed by atoms with Gasteiger partial charge in [0.2, 0.25) is 12.7 Å². The maximum atomic E-state index is 13.4. The predicted molar refractivity (Wildman–Crippen MR) is 127 cm³/mol. The van der Waals surface area contributed by atoms with Crippen LogP contribution in [-0.2, 0) is 11.3 Å². The van der Waals surface area contributed by atoms with Gasteiger partial charge in [0.25, 0.3) is 5.56 Å². The zero-order chi connectivity index (χ0) is 23.5. The van der Waals surface area contributed by atoms with Crippen molar-refractivity contribution in [1.29, 1.82) is 0 Å². The maximum Gasteiger partial charge on any atom is 0.262 e. The van der Waals surface area contributed by atoms with Crippen LogP contribution in [0.3, 0.4) is 0 Å². The summed E-state index contributed by atoms with van der Waals surface area (Å²) in [5, 5.41) is 3.65. The van der Waals surface area contributed by atoms with Crippen LogP contribution in [0.5, 0.6) is 17.2 Å². The molecule has 2 aromatic carbocycles. The molecular formula is C24H21N3O6S. The molecule has 4 aromatic rings. The lowest BCUT2D eigenvalue weighted by Gasteiger charge is -2.13. The highest BCUT2D eigenvalue weighted by Gasteiger charge is 2.20. The molecule has 34 heavy (non-hydrogen) atoms. The molecule has 0 spiro atoms. The van der Waals surface area contributed by atoms with E-state index in [1.807, 2.05) is 6.92 Å². The van der Waals surface area contributed by atoms with E-state index < -0.39 is 0 Å². The van der Waals surface area contributed by atoms with Crippen LogP contribution in [0.1, 0.15) is 12.7 Å². The molecule has 0 saturated heterocycles. The summed E-state index contributed by atoms with van der Waals surface area (Å²) in [6.07, 6.45) is 1.55. The van der Waals surface area contributed by atoms with Crippen LogP contribution < -0.4 is 25.1 Å². The van der Waals surface area contributed by atoms with Crippen molar-refractivity contribution in [2.24, 2.45) is 0 Å². The molecule has 1 N–H and O–H groups in total. The van der Waals surface area contributed by atoms with E-state index in [1.165, 1.54) is 16.3 Å². The summed E-state index contributed by atoms with van der Waals surface area (Å²) >= 11 is 1.17. The van der Waals surface area contributed by atoms with Crippen molar-refractivity contribution in [3.63, 3.8) is 0 Å². The molecule has 1 aliphatic rings. The molecule has 2 aromatic heterocycles. The van der Waals surface area contributed by atoms with Gasteiger partial charge in [-0.25, -0.2) is 4.98 Å². The summed E-state index contributed by atoms with van der Waals surface area (Å²) in [6.45, 7) is 2.77. The standard InChI is InChI=1S/C24H21N3O6S/c1-2-30-16-7-5-15(6-8-16)25-22(28)13-34-24-26-19-11-21-20(32-14-33-21)10-18(19)23(29)27(24)12-17-4-3-9-31-17/h3-11H,2,12-14H2,1H3,(H,25,28). The van der Waals surface area contributed by atoms with Gasteiger partial charge in [0.15, 0.2) is 16.7 Å². The van der Waals surface area contributed by atoms with Crippen LogP contribution in [0.4, 0.5) is 5.69 Å². The first-order valence-electron chi connectivity index (χ1n) is 10.6. The Labute approximate surface area is 198 Å². The number of hydrogen-bond donors (Lipinski definition) is 1. The third-order valence-corrected chi connectivity index (χ3v) is 6.07. The second-order valence-corrected chi connectivity index (χ2v) is 8.32. The Hall–Kier alpha value is -3.92. The second kappa shape index (κ2) is 9.52. The molecular weight excluding hydrogens is 458 g/mol. The molecule has 0 saturated carbocycles. The van der Waals surface area contributed by atoms with Crippen molar-refractivity contribution in [3.05, 3.63) is 70.9 Å². The minimum Gasteiger partial charge on any atom is -0.494 e. The zero-order valence-electron chi connectivity index (χ0n) is 18.3. The number of thioether (sulfide) groups is 1. The van der Waals surface area contributed by atoms with Crippen molar-refractivity contribution in [2.75, 3.05) is 24.5 Å². The Kier molecular flexibility index (Phi) is 6.13. The highest BCUT2D eigenvalue weighted by Crippen LogP contribution is 2.35. The monoisotopic (exact) mass is 479 g/mol. The number of carbonyl (C=O) groups excluding carboxylic acids is 1. The van der Waals surface area contributed by atoms with Crippen LogP contribution in [0.25, 0.3) is 10.9 Å². The van der Waals surface area contributed by atoms with Crippen LogP contribution >= 0.6 is 11.8 Å². The van der Waals surface area contributed by atoms with E-state index in [9.17, 15) is 9.59 Å². The highest BCUT2D eigenvalue weighted by atomic mass is 32.2. The van der Waals surface area contributed by atoms with Crippen LogP contribution in [-0.4, -0.2) is 34.6 Å². The summed E-state index contributed by atoms with van der Waals surface area (Å²) in [4.78, 5) is 30.6. The number of furan rings is 1. The number of ether oxygens (including phenoxy) is 3. The number of aromatic nitrogens is 2. The summed E-state index contributed by atoms with van der Waals surface area (Å²) in [5.74, 6) is 2.22. The SMILES string of the molecule is CCOc1ccc(NC(=O)CSc2nc3cc4c(cc3c(=O)n2Cc2ccco2)OCO4)cc1. The number of nitrogens with zero attached hydrogens (tertiary/aromatic N) is 2. The van der Waals surface area contributed by atoms with E-state index in [0.717, 1.165) is 5.75 Å². The number of carbonyl (C=O) groups is 1. The van der Waals surface area contributed by atoms with Crippen molar-refractivity contribution in [2.45, 2.75) is 18.6 Å². The van der Waals surface area contributed by atoms with Crippen LogP contribution in [0, 0.1) is 0 Å². The van der Waals surface area contributed by atoms with Crippen LogP contribution in [0.2, 0.25) is 0 Å². The van der Waals surface area contributed by atoms with Crippen molar-refractivity contribution in [3.8, 4) is 17.2 Å². The maximum absolute atomic E-state index is 13.4. The first-order chi connectivity index (χ1) is 16.6. The molecule has 3 heterocycles. The van der Waals surface area contributed by atoms with Gasteiger partial charge in [0, 0.05) is 11.8 Å². The van der Waals surface area contributed by atoms with E-state index in [4.69, 9.17) is 18.6 Å². The Morgan fingerprint density at radius 2 is 1.97 bits per heavy atom. The third-order valence-electron chi connectivity index (χ3n) is 5.09. The van der Waals surface area contributed by atoms with Crippen molar-refractivity contribution >= 4 is 34.3 Å². The van der Waals surface area contributed by atoms with Crippen molar-refractivity contribution < 1.29 is 23.4 Å². The second-order valence-electron chi connectivity index (χ2n) is 7.38. The molecule has 5 rings (SSSR count). The fraction of sp³-hybridized carbons (Fsp3) is 0.208. The quantitative estimate of drug-likeness (QED) is 0.300. The number of anilines is 1. The van der Waals surface area contributed by atoms with E-state index in [-0.39, 0.29) is 30.6 Å². The van der Waals surface area contributed by atoms with Gasteiger partial charge in [-0.3, -0.25) is 14.2 Å². The molecule has 0 radical (unpaired) electrons. The fourth-order valence-electron chi connectivity index (χ4n) is 3.53. The molecule has 0 fully saturated rings. The average molecular weight is 480 g/mol. The van der Waals surface area contributed by atoms with Gasteiger partial charge in [-0.1, -0.05) is 11.8 Å². The number of nitrogens with one attached hydrogen (secondary N) is 1. The lowest BCUT2D eigenvalue weighted by atomic mass is 10.2. The first-order valence-corrected chi connectivity index (χ1v) is 11.6. The zero-order valence-corrected chi connectivity index (χ0v) is 19.1. The Balaban J connectivity index is 1.40. The van der Waals surface area contributed by atoms with Gasteiger partial charge in [-0.2, -0.15) is 0 Å². The highest BCUT2D eigenvalue weighted by molar-refractivity contribution is 7.99. The van der Waals surface area contributed by atoms with E-state index in [2.05, 4.69) is 10.3 Å². The van der Waals surface area contributed by atoms with Gasteiger partial charge >= 0.3 is 0 Å². The van der Waals surface area contributed by atoms with Crippen molar-refractivity contribution in [1.82, 2.24) is 9.55 Å². The molecule has 174 valence electrons. The molecule has 0 atom stereocenters. The molecule has 10 heteroatoms. The van der Waals surface area contributed by atoms with E-state index in [1.54, 1.807) is 54.8 Å². The molecule has 0 unspecified atom stereocenters. The minimum atomic E-state index is -0.255. The lowest BCUT2D eigenvalue weighted by Crippen LogP contribution is -2.24. The number of hydrogen-bond acceptors (Lipinski definition) is 8. The average Bonchev–Trinajstić information content (AvgIpc) is 3.52. The summed E-state index contributed by atoms with van der Waals surface area (Å²) in [7, 11) is 0. The fourth-order valence-corrected chi connectivity index (χ4v) is 4.33. The molecule has 9 nitrogen and oxygen atoms in total. The van der Waals surface area contributed by atoms with Gasteiger partial charge in [0.1, 0.15) is 11.5 Å². The molecule has 0 aliphatic carbocycles. The number of fused-ring (bicyclic) bond motifs is 2. The lowest BCUT2D eigenvalue weighted by molar-refractivity contribution is -0.113. The first kappa shape index (κ1) is 21.9. The molecule has 0 bridgehead atoms. The largest absolute Gasteiger partial charge is 0.494 e. The van der Waals surface area contributed by atoms with Crippen LogP contribution in [0.15, 0.2) is 69.2 Å². The van der Waals surface area contributed by atoms with Gasteiger partial charge in [-0.15, -0.1) is 0 Å². The van der Waals surface area contributed by atoms with E-state index in [0.29, 0.717) is 45.6 Å². The smallest absolute Gasteiger partial charge is 0.262 e. The summed E-state index contributed by atoms with van der Waals surface area (Å²) in [5.41, 5.74) is 0.870. The molecule has 1 amide bonds. The Morgan fingerprint density at radius 3 is 2.71 bits per heavy atom. The Morgan fingerprint density at radius 1 is 1.18 bits per heavy atom.